The Labute approximate surface area is 137 Å². The smallest absolute Gasteiger partial charge is 0.258 e. The summed E-state index contributed by atoms with van der Waals surface area (Å²) in [6, 6.07) is 7.64. The second-order valence-corrected chi connectivity index (χ2v) is 6.43. The van der Waals surface area contributed by atoms with Crippen LogP contribution in [0.5, 0.6) is 5.75 Å². The Balaban J connectivity index is 1.47. The number of hydrogen-bond acceptors (Lipinski definition) is 4. The van der Waals surface area contributed by atoms with E-state index in [0.717, 1.165) is 19.5 Å². The van der Waals surface area contributed by atoms with Crippen molar-refractivity contribution < 1.29 is 14.3 Å². The molecule has 1 aromatic carbocycles. The summed E-state index contributed by atoms with van der Waals surface area (Å²) in [5.74, 6) is 0.557. The third kappa shape index (κ3) is 3.91. The summed E-state index contributed by atoms with van der Waals surface area (Å²) in [6.45, 7) is 3.79. The summed E-state index contributed by atoms with van der Waals surface area (Å²) in [6.07, 6.45) is 4.74. The monoisotopic (exact) mass is 316 g/mol. The van der Waals surface area contributed by atoms with E-state index in [0.29, 0.717) is 17.4 Å². The molecule has 0 aliphatic carbocycles. The van der Waals surface area contributed by atoms with Gasteiger partial charge in [0.1, 0.15) is 5.75 Å². The molecule has 23 heavy (non-hydrogen) atoms. The second kappa shape index (κ2) is 7.13. The van der Waals surface area contributed by atoms with Crippen LogP contribution >= 0.6 is 0 Å². The number of hydrogen-bond donors (Lipinski definition) is 1. The van der Waals surface area contributed by atoms with Crippen LogP contribution in [0.3, 0.4) is 0 Å². The molecular formula is C18H24N2O3. The average molecular weight is 316 g/mol. The molecule has 5 nitrogen and oxygen atoms in total. The highest BCUT2D eigenvalue weighted by Gasteiger charge is 2.36. The summed E-state index contributed by atoms with van der Waals surface area (Å²) >= 11 is 0. The molecule has 0 bridgehead atoms. The zero-order valence-electron chi connectivity index (χ0n) is 13.6. The van der Waals surface area contributed by atoms with Gasteiger partial charge in [0, 0.05) is 24.2 Å². The Kier molecular flexibility index (Phi) is 4.96. The van der Waals surface area contributed by atoms with E-state index < -0.39 is 0 Å². The van der Waals surface area contributed by atoms with Gasteiger partial charge in [0.05, 0.1) is 0 Å². The number of benzene rings is 1. The average Bonchev–Trinajstić information content (AvgIpc) is 2.96. The van der Waals surface area contributed by atoms with Crippen LogP contribution in [0.15, 0.2) is 24.3 Å². The van der Waals surface area contributed by atoms with Crippen molar-refractivity contribution in [1.82, 2.24) is 10.2 Å². The van der Waals surface area contributed by atoms with Crippen LogP contribution in [0.4, 0.5) is 0 Å². The number of ketones is 1. The van der Waals surface area contributed by atoms with E-state index in [4.69, 9.17) is 4.74 Å². The van der Waals surface area contributed by atoms with E-state index in [1.165, 1.54) is 26.2 Å². The first kappa shape index (κ1) is 16.0. The summed E-state index contributed by atoms with van der Waals surface area (Å²) < 4.78 is 5.51. The highest BCUT2D eigenvalue weighted by Crippen LogP contribution is 2.27. The normalized spacial score (nSPS) is 24.0. The van der Waals surface area contributed by atoms with Crippen molar-refractivity contribution >= 4 is 11.7 Å². The van der Waals surface area contributed by atoms with E-state index in [1.807, 2.05) is 0 Å². The van der Waals surface area contributed by atoms with Gasteiger partial charge in [-0.2, -0.15) is 0 Å². The van der Waals surface area contributed by atoms with Crippen molar-refractivity contribution in [2.75, 3.05) is 19.7 Å². The van der Waals surface area contributed by atoms with Crippen molar-refractivity contribution in [2.45, 2.75) is 44.7 Å². The number of nitrogens with one attached hydrogen (secondary N) is 1. The van der Waals surface area contributed by atoms with Gasteiger partial charge in [-0.15, -0.1) is 0 Å². The molecular weight excluding hydrogens is 292 g/mol. The molecule has 1 amide bonds. The maximum atomic E-state index is 12.1. The summed E-state index contributed by atoms with van der Waals surface area (Å²) in [7, 11) is 0. The van der Waals surface area contributed by atoms with E-state index in [9.17, 15) is 9.59 Å². The lowest BCUT2D eigenvalue weighted by atomic mass is 9.99. The number of nitrogens with zero attached hydrogens (tertiary/aromatic N) is 1. The second-order valence-electron chi connectivity index (χ2n) is 6.43. The predicted molar refractivity (Wildman–Crippen MR) is 87.7 cm³/mol. The minimum absolute atomic E-state index is 0.0165. The SMILES string of the molecule is CC(=O)c1ccc(OCC(=O)N[C@@H]2CCN3CCCC[C@@H]23)cc1. The summed E-state index contributed by atoms with van der Waals surface area (Å²) in [4.78, 5) is 25.8. The van der Waals surface area contributed by atoms with Crippen LogP contribution in [-0.4, -0.2) is 48.4 Å². The summed E-state index contributed by atoms with van der Waals surface area (Å²) in [5.41, 5.74) is 0.644. The van der Waals surface area contributed by atoms with Crippen LogP contribution in [0.2, 0.25) is 0 Å². The fraction of sp³-hybridized carbons (Fsp3) is 0.556. The molecule has 2 heterocycles. The van der Waals surface area contributed by atoms with E-state index in [-0.39, 0.29) is 24.3 Å². The molecule has 0 spiro atoms. The van der Waals surface area contributed by atoms with Gasteiger partial charge in [0.25, 0.3) is 5.91 Å². The highest BCUT2D eigenvalue weighted by atomic mass is 16.5. The van der Waals surface area contributed by atoms with Gasteiger partial charge in [0.15, 0.2) is 12.4 Å². The van der Waals surface area contributed by atoms with Crippen LogP contribution in [0, 0.1) is 0 Å². The first-order valence-corrected chi connectivity index (χ1v) is 8.41. The molecule has 1 N–H and O–H groups in total. The Morgan fingerprint density at radius 2 is 1.96 bits per heavy atom. The van der Waals surface area contributed by atoms with Gasteiger partial charge in [-0.05, 0) is 57.0 Å². The number of piperidine rings is 1. The number of fused-ring (bicyclic) bond motifs is 1. The third-order valence-corrected chi connectivity index (χ3v) is 4.83. The quantitative estimate of drug-likeness (QED) is 0.844. The Hall–Kier alpha value is -1.88. The fourth-order valence-corrected chi connectivity index (χ4v) is 3.60. The molecule has 0 unspecified atom stereocenters. The lowest BCUT2D eigenvalue weighted by Crippen LogP contribution is -2.47. The number of amides is 1. The van der Waals surface area contributed by atoms with E-state index in [1.54, 1.807) is 24.3 Å². The molecule has 2 aliphatic heterocycles. The summed E-state index contributed by atoms with van der Waals surface area (Å²) in [5, 5.41) is 3.12. The lowest BCUT2D eigenvalue weighted by Gasteiger charge is -2.32. The minimum atomic E-state index is -0.0712. The van der Waals surface area contributed by atoms with Gasteiger partial charge in [-0.25, -0.2) is 0 Å². The number of rotatable bonds is 5. The molecule has 2 fully saturated rings. The molecule has 2 aliphatic rings. The van der Waals surface area contributed by atoms with Crippen molar-refractivity contribution in [3.63, 3.8) is 0 Å². The zero-order valence-corrected chi connectivity index (χ0v) is 13.6. The van der Waals surface area contributed by atoms with Crippen molar-refractivity contribution in [1.29, 1.82) is 0 Å². The van der Waals surface area contributed by atoms with Gasteiger partial charge >= 0.3 is 0 Å². The molecule has 2 saturated heterocycles. The number of Topliss-reactive ketones (excluding diaryl/α,β-unsaturated/α-hetero) is 1. The standard InChI is InChI=1S/C18H24N2O3/c1-13(21)14-5-7-15(8-6-14)23-12-18(22)19-16-9-11-20-10-3-2-4-17(16)20/h5-8,16-17H,2-4,9-12H2,1H3,(H,19,22)/t16-,17+/m1/s1. The van der Waals surface area contributed by atoms with Crippen LogP contribution in [-0.2, 0) is 4.79 Å². The molecule has 124 valence electrons. The van der Waals surface area contributed by atoms with Crippen LogP contribution < -0.4 is 10.1 Å². The fourth-order valence-electron chi connectivity index (χ4n) is 3.60. The van der Waals surface area contributed by atoms with Crippen LogP contribution in [0.1, 0.15) is 43.0 Å². The van der Waals surface area contributed by atoms with Gasteiger partial charge in [0.2, 0.25) is 0 Å². The molecule has 0 radical (unpaired) electrons. The maximum absolute atomic E-state index is 12.1. The first-order valence-electron chi connectivity index (χ1n) is 8.41. The van der Waals surface area contributed by atoms with Crippen LogP contribution in [0.25, 0.3) is 0 Å². The third-order valence-electron chi connectivity index (χ3n) is 4.83. The molecule has 0 saturated carbocycles. The minimum Gasteiger partial charge on any atom is -0.484 e. The molecule has 3 rings (SSSR count). The number of carbonyl (C=O) groups is 2. The number of carbonyl (C=O) groups excluding carboxylic acids is 2. The topological polar surface area (TPSA) is 58.6 Å². The Bertz CT molecular complexity index is 570. The largest absolute Gasteiger partial charge is 0.484 e. The predicted octanol–water partition coefficient (Wildman–Crippen LogP) is 2.01. The van der Waals surface area contributed by atoms with Crippen molar-refractivity contribution in [3.05, 3.63) is 29.8 Å². The molecule has 0 aromatic heterocycles. The lowest BCUT2D eigenvalue weighted by molar-refractivity contribution is -0.124. The van der Waals surface area contributed by atoms with Crippen molar-refractivity contribution in [3.8, 4) is 5.75 Å². The molecule has 2 atom stereocenters. The zero-order chi connectivity index (χ0) is 16.2. The van der Waals surface area contributed by atoms with Crippen molar-refractivity contribution in [2.24, 2.45) is 0 Å². The molecule has 5 heteroatoms. The first-order chi connectivity index (χ1) is 11.1. The van der Waals surface area contributed by atoms with Gasteiger partial charge in [-0.1, -0.05) is 6.42 Å². The van der Waals surface area contributed by atoms with Gasteiger partial charge < -0.3 is 10.1 Å². The van der Waals surface area contributed by atoms with Gasteiger partial charge in [-0.3, -0.25) is 14.5 Å². The number of ether oxygens (including phenoxy) is 1. The highest BCUT2D eigenvalue weighted by molar-refractivity contribution is 5.94. The van der Waals surface area contributed by atoms with E-state index >= 15 is 0 Å². The van der Waals surface area contributed by atoms with E-state index in [2.05, 4.69) is 10.2 Å². The Morgan fingerprint density at radius 1 is 1.17 bits per heavy atom. The maximum Gasteiger partial charge on any atom is 0.258 e. The Morgan fingerprint density at radius 3 is 2.70 bits per heavy atom. The molecule has 1 aromatic rings.